The van der Waals surface area contributed by atoms with Crippen LogP contribution in [0.15, 0.2) is 91.1 Å². The number of aromatic nitrogens is 3. The van der Waals surface area contributed by atoms with Gasteiger partial charge in [-0.1, -0.05) is 24.3 Å². The quantitative estimate of drug-likeness (QED) is 0.358. The van der Waals surface area contributed by atoms with Crippen LogP contribution in [-0.2, 0) is 0 Å². The number of fused-ring (bicyclic) bond motifs is 1. The Bertz CT molecular complexity index is 1360. The van der Waals surface area contributed by atoms with Crippen LogP contribution in [0.5, 0.6) is 17.4 Å². The zero-order chi connectivity index (χ0) is 21.9. The highest BCUT2D eigenvalue weighted by Gasteiger charge is 2.15. The van der Waals surface area contributed by atoms with Gasteiger partial charge in [0.1, 0.15) is 11.5 Å². The molecule has 0 spiro atoms. The molecule has 0 aliphatic heterocycles. The van der Waals surface area contributed by atoms with E-state index in [4.69, 9.17) is 9.47 Å². The number of hydrogen-bond donors (Lipinski definition) is 1. The number of pyridine rings is 1. The monoisotopic (exact) mass is 421 g/mol. The average molecular weight is 421 g/mol. The van der Waals surface area contributed by atoms with Crippen LogP contribution < -0.4 is 9.47 Å². The van der Waals surface area contributed by atoms with E-state index in [9.17, 15) is 4.79 Å². The number of carbonyl (C=O) groups excluding carboxylic acids is 1. The van der Waals surface area contributed by atoms with Gasteiger partial charge in [0.25, 0.3) is 0 Å². The molecule has 0 fully saturated rings. The van der Waals surface area contributed by atoms with Crippen molar-refractivity contribution in [1.29, 1.82) is 0 Å². The molecule has 0 aliphatic rings. The fourth-order valence-electron chi connectivity index (χ4n) is 3.45. The van der Waals surface area contributed by atoms with Crippen LogP contribution in [0.4, 0.5) is 0 Å². The van der Waals surface area contributed by atoms with Crippen molar-refractivity contribution in [2.24, 2.45) is 0 Å². The van der Waals surface area contributed by atoms with E-state index in [1.807, 2.05) is 60.7 Å². The van der Waals surface area contributed by atoms with E-state index in [1.165, 1.54) is 0 Å². The number of benzene rings is 3. The van der Waals surface area contributed by atoms with Gasteiger partial charge in [0.05, 0.1) is 18.1 Å². The fourth-order valence-corrected chi connectivity index (χ4v) is 3.45. The van der Waals surface area contributed by atoms with Crippen LogP contribution in [0, 0.1) is 0 Å². The third-order valence-electron chi connectivity index (χ3n) is 5.11. The summed E-state index contributed by atoms with van der Waals surface area (Å²) in [5.41, 5.74) is 3.94. The first-order chi connectivity index (χ1) is 15.7. The van der Waals surface area contributed by atoms with Crippen molar-refractivity contribution < 1.29 is 14.3 Å². The number of ether oxygens (including phenoxy) is 2. The molecule has 2 heterocycles. The molecule has 156 valence electrons. The highest BCUT2D eigenvalue weighted by Crippen LogP contribution is 2.32. The number of nitrogens with zero attached hydrogens (tertiary/aromatic N) is 2. The summed E-state index contributed by atoms with van der Waals surface area (Å²) in [4.78, 5) is 24.7. The van der Waals surface area contributed by atoms with Crippen molar-refractivity contribution in [2.45, 2.75) is 0 Å². The van der Waals surface area contributed by atoms with Crippen molar-refractivity contribution in [2.75, 3.05) is 7.11 Å². The molecule has 5 aromatic rings. The van der Waals surface area contributed by atoms with E-state index in [-0.39, 0.29) is 5.78 Å². The molecule has 0 saturated heterocycles. The molecule has 2 aromatic heterocycles. The largest absolute Gasteiger partial charge is 0.497 e. The van der Waals surface area contributed by atoms with Crippen LogP contribution in [0.2, 0.25) is 0 Å². The first-order valence-electron chi connectivity index (χ1n) is 10.1. The number of hydrogen-bond acceptors (Lipinski definition) is 5. The summed E-state index contributed by atoms with van der Waals surface area (Å²) < 4.78 is 11.3. The number of carbonyl (C=O) groups is 1. The smallest absolute Gasteiger partial charge is 0.228 e. The van der Waals surface area contributed by atoms with Crippen molar-refractivity contribution in [3.05, 3.63) is 103 Å². The molecule has 0 radical (unpaired) electrons. The molecule has 6 heteroatoms. The standard InChI is InChI=1S/C26H19N3O3/c1-31-19-12-8-17(9-13-19)21-5-4-16-27-26(21)32-20-14-10-18(11-15-20)24(30)25-28-22-6-2-3-7-23(22)29-25/h2-16H,1H3,(H,28,29). The summed E-state index contributed by atoms with van der Waals surface area (Å²) >= 11 is 0. The summed E-state index contributed by atoms with van der Waals surface area (Å²) in [5, 5.41) is 0. The normalized spacial score (nSPS) is 10.8. The van der Waals surface area contributed by atoms with E-state index in [0.717, 1.165) is 27.9 Å². The van der Waals surface area contributed by atoms with Gasteiger partial charge in [-0.25, -0.2) is 9.97 Å². The van der Waals surface area contributed by atoms with Crippen molar-refractivity contribution in [3.8, 4) is 28.5 Å². The van der Waals surface area contributed by atoms with Crippen molar-refractivity contribution in [3.63, 3.8) is 0 Å². The van der Waals surface area contributed by atoms with Crippen LogP contribution >= 0.6 is 0 Å². The average Bonchev–Trinajstić information content (AvgIpc) is 3.29. The number of ketones is 1. The Morgan fingerprint density at radius 2 is 1.59 bits per heavy atom. The van der Waals surface area contributed by atoms with Crippen molar-refractivity contribution >= 4 is 16.8 Å². The zero-order valence-electron chi connectivity index (χ0n) is 17.3. The Balaban J connectivity index is 1.37. The first kappa shape index (κ1) is 19.5. The topological polar surface area (TPSA) is 77.1 Å². The van der Waals surface area contributed by atoms with Gasteiger partial charge in [-0.3, -0.25) is 4.79 Å². The molecule has 6 nitrogen and oxygen atoms in total. The van der Waals surface area contributed by atoms with Gasteiger partial charge < -0.3 is 14.5 Å². The fraction of sp³-hybridized carbons (Fsp3) is 0.0385. The molecule has 0 atom stereocenters. The lowest BCUT2D eigenvalue weighted by atomic mass is 10.1. The minimum atomic E-state index is -0.176. The molecule has 5 rings (SSSR count). The molecule has 0 unspecified atom stereocenters. The Morgan fingerprint density at radius 3 is 2.34 bits per heavy atom. The van der Waals surface area contributed by atoms with Crippen LogP contribution in [-0.4, -0.2) is 27.8 Å². The maximum atomic E-state index is 12.8. The predicted octanol–water partition coefficient (Wildman–Crippen LogP) is 5.66. The predicted molar refractivity (Wildman–Crippen MR) is 122 cm³/mol. The maximum Gasteiger partial charge on any atom is 0.228 e. The van der Waals surface area contributed by atoms with E-state index in [0.29, 0.717) is 23.0 Å². The van der Waals surface area contributed by atoms with Gasteiger partial charge in [0, 0.05) is 17.3 Å². The lowest BCUT2D eigenvalue weighted by Crippen LogP contribution is -2.03. The number of H-pyrrole nitrogens is 1. The van der Waals surface area contributed by atoms with E-state index in [2.05, 4.69) is 15.0 Å². The Kier molecular flexibility index (Phi) is 5.09. The highest BCUT2D eigenvalue weighted by atomic mass is 16.5. The van der Waals surface area contributed by atoms with E-state index in [1.54, 1.807) is 37.6 Å². The molecule has 0 aliphatic carbocycles. The molecular formula is C26H19N3O3. The van der Waals surface area contributed by atoms with Crippen molar-refractivity contribution in [1.82, 2.24) is 15.0 Å². The lowest BCUT2D eigenvalue weighted by molar-refractivity contribution is 0.103. The SMILES string of the molecule is COc1ccc(-c2cccnc2Oc2ccc(C(=O)c3nc4ccccc4[nH]3)cc2)cc1. The molecule has 3 aromatic carbocycles. The van der Waals surface area contributed by atoms with E-state index >= 15 is 0 Å². The molecule has 0 amide bonds. The number of methoxy groups -OCH3 is 1. The maximum absolute atomic E-state index is 12.8. The molecule has 0 saturated carbocycles. The van der Waals surface area contributed by atoms with Crippen LogP contribution in [0.3, 0.4) is 0 Å². The Labute approximate surface area is 184 Å². The number of para-hydroxylation sites is 2. The minimum Gasteiger partial charge on any atom is -0.497 e. The summed E-state index contributed by atoms with van der Waals surface area (Å²) in [5.74, 6) is 1.98. The lowest BCUT2D eigenvalue weighted by Gasteiger charge is -2.11. The van der Waals surface area contributed by atoms with Gasteiger partial charge in [0.15, 0.2) is 5.82 Å². The summed E-state index contributed by atoms with van der Waals surface area (Å²) in [6.45, 7) is 0. The number of rotatable bonds is 6. The number of aromatic amines is 1. The van der Waals surface area contributed by atoms with Gasteiger partial charge >= 0.3 is 0 Å². The third kappa shape index (κ3) is 3.81. The molecule has 32 heavy (non-hydrogen) atoms. The first-order valence-corrected chi connectivity index (χ1v) is 10.1. The van der Waals surface area contributed by atoms with Crippen LogP contribution in [0.1, 0.15) is 16.2 Å². The minimum absolute atomic E-state index is 0.176. The van der Waals surface area contributed by atoms with Gasteiger partial charge in [0.2, 0.25) is 11.7 Å². The van der Waals surface area contributed by atoms with Gasteiger partial charge in [-0.15, -0.1) is 0 Å². The summed E-state index contributed by atoms with van der Waals surface area (Å²) in [6, 6.07) is 26.0. The summed E-state index contributed by atoms with van der Waals surface area (Å²) in [6.07, 6.45) is 1.68. The third-order valence-corrected chi connectivity index (χ3v) is 5.11. The Morgan fingerprint density at radius 1 is 0.844 bits per heavy atom. The molecular weight excluding hydrogens is 402 g/mol. The zero-order valence-corrected chi connectivity index (χ0v) is 17.3. The summed E-state index contributed by atoms with van der Waals surface area (Å²) in [7, 11) is 1.64. The molecule has 0 bridgehead atoms. The second kappa shape index (κ2) is 8.35. The Hall–Kier alpha value is -4.45. The molecule has 1 N–H and O–H groups in total. The highest BCUT2D eigenvalue weighted by molar-refractivity contribution is 6.08. The van der Waals surface area contributed by atoms with Crippen LogP contribution in [0.25, 0.3) is 22.2 Å². The van der Waals surface area contributed by atoms with Gasteiger partial charge in [-0.2, -0.15) is 0 Å². The second-order valence-corrected chi connectivity index (χ2v) is 7.14. The van der Waals surface area contributed by atoms with E-state index < -0.39 is 0 Å². The van der Waals surface area contributed by atoms with Gasteiger partial charge in [-0.05, 0) is 66.2 Å². The number of imidazole rings is 1. The number of nitrogens with one attached hydrogen (secondary N) is 1. The second-order valence-electron chi connectivity index (χ2n) is 7.14.